The second-order valence-corrected chi connectivity index (χ2v) is 5.66. The minimum absolute atomic E-state index is 0.00143. The van der Waals surface area contributed by atoms with Gasteiger partial charge < -0.3 is 14.1 Å². The number of anilines is 1. The molecule has 3 aromatic rings. The second kappa shape index (κ2) is 5.89. The highest BCUT2D eigenvalue weighted by Crippen LogP contribution is 2.29. The van der Waals surface area contributed by atoms with Crippen LogP contribution in [0.1, 0.15) is 0 Å². The molecule has 0 radical (unpaired) electrons. The quantitative estimate of drug-likeness (QED) is 0.684. The van der Waals surface area contributed by atoms with Gasteiger partial charge in [-0.1, -0.05) is 42.5 Å². The average Bonchev–Trinajstić information content (AvgIpc) is 2.63. The Morgan fingerprint density at radius 1 is 0.957 bits per heavy atom. The van der Waals surface area contributed by atoms with Gasteiger partial charge in [0.1, 0.15) is 5.58 Å². The molecule has 1 aromatic heterocycles. The molecule has 4 rings (SSSR count). The number of ether oxygens (including phenoxy) is 1. The maximum Gasteiger partial charge on any atom is 0.200 e. The van der Waals surface area contributed by atoms with Crippen LogP contribution in [0.3, 0.4) is 0 Å². The molecular weight excluding hydrogens is 290 g/mol. The van der Waals surface area contributed by atoms with E-state index in [-0.39, 0.29) is 5.43 Å². The molecule has 0 aliphatic carbocycles. The molecule has 1 saturated heterocycles. The van der Waals surface area contributed by atoms with Gasteiger partial charge in [-0.2, -0.15) is 0 Å². The first-order chi connectivity index (χ1) is 11.3. The van der Waals surface area contributed by atoms with Gasteiger partial charge in [-0.15, -0.1) is 0 Å². The SMILES string of the molecule is O=c1cc(N2CC[OH+]CC2)oc2c(-c3ccccc3)cccc12. The summed E-state index contributed by atoms with van der Waals surface area (Å²) < 4.78 is 10.5. The molecule has 2 heterocycles. The van der Waals surface area contributed by atoms with Gasteiger partial charge in [-0.25, -0.2) is 0 Å². The number of hydrogen-bond donors (Lipinski definition) is 0. The van der Waals surface area contributed by atoms with E-state index in [0.29, 0.717) is 16.9 Å². The molecule has 4 nitrogen and oxygen atoms in total. The lowest BCUT2D eigenvalue weighted by molar-refractivity contribution is -0.0445. The summed E-state index contributed by atoms with van der Waals surface area (Å²) in [7, 11) is 0. The van der Waals surface area contributed by atoms with Crippen LogP contribution in [0.15, 0.2) is 63.8 Å². The van der Waals surface area contributed by atoms with Crippen LogP contribution in [0.2, 0.25) is 0 Å². The first-order valence-corrected chi connectivity index (χ1v) is 7.83. The van der Waals surface area contributed by atoms with Crippen molar-refractivity contribution in [1.82, 2.24) is 0 Å². The fraction of sp³-hybridized carbons (Fsp3) is 0.211. The average molecular weight is 308 g/mol. The molecule has 1 fully saturated rings. The highest BCUT2D eigenvalue weighted by molar-refractivity contribution is 5.92. The first-order valence-electron chi connectivity index (χ1n) is 7.83. The van der Waals surface area contributed by atoms with E-state index in [1.54, 1.807) is 6.07 Å². The van der Waals surface area contributed by atoms with Gasteiger partial charge in [0.25, 0.3) is 0 Å². The van der Waals surface area contributed by atoms with Crippen LogP contribution < -0.4 is 10.3 Å². The Hall–Kier alpha value is -2.59. The Balaban J connectivity index is 1.91. The van der Waals surface area contributed by atoms with Crippen LogP contribution in [0.4, 0.5) is 5.88 Å². The predicted molar refractivity (Wildman–Crippen MR) is 92.1 cm³/mol. The van der Waals surface area contributed by atoms with Crippen molar-refractivity contribution in [2.24, 2.45) is 0 Å². The maximum absolute atomic E-state index is 12.5. The number of benzene rings is 2. The summed E-state index contributed by atoms with van der Waals surface area (Å²) in [6.07, 6.45) is 0. The highest BCUT2D eigenvalue weighted by Gasteiger charge is 2.18. The zero-order valence-electron chi connectivity index (χ0n) is 12.7. The van der Waals surface area contributed by atoms with Gasteiger partial charge in [0.15, 0.2) is 18.6 Å². The normalized spacial score (nSPS) is 15.0. The number of morpholine rings is 1. The van der Waals surface area contributed by atoms with E-state index in [9.17, 15) is 4.79 Å². The van der Waals surface area contributed by atoms with E-state index in [0.717, 1.165) is 37.4 Å². The Labute approximate surface area is 133 Å². The molecule has 0 saturated carbocycles. The fourth-order valence-electron chi connectivity index (χ4n) is 2.99. The minimum atomic E-state index is 0.00143. The van der Waals surface area contributed by atoms with E-state index >= 15 is 0 Å². The molecule has 2 aromatic carbocycles. The molecule has 0 bridgehead atoms. The van der Waals surface area contributed by atoms with Crippen molar-refractivity contribution in [2.75, 3.05) is 31.2 Å². The van der Waals surface area contributed by atoms with Crippen molar-refractivity contribution in [1.29, 1.82) is 0 Å². The molecule has 23 heavy (non-hydrogen) atoms. The summed E-state index contributed by atoms with van der Waals surface area (Å²) in [5.41, 5.74) is 2.65. The Morgan fingerprint density at radius 2 is 1.74 bits per heavy atom. The van der Waals surface area contributed by atoms with Crippen molar-refractivity contribution < 1.29 is 9.15 Å². The third-order valence-corrected chi connectivity index (χ3v) is 4.19. The van der Waals surface area contributed by atoms with Crippen molar-refractivity contribution in [3.05, 3.63) is 64.8 Å². The third-order valence-electron chi connectivity index (χ3n) is 4.19. The lowest BCUT2D eigenvalue weighted by Crippen LogP contribution is -2.38. The Bertz CT molecular complexity index is 880. The molecule has 0 amide bonds. The predicted octanol–water partition coefficient (Wildman–Crippen LogP) is 2.81. The fourth-order valence-corrected chi connectivity index (χ4v) is 2.99. The van der Waals surface area contributed by atoms with Crippen LogP contribution in [-0.2, 0) is 0 Å². The number of rotatable bonds is 2. The Morgan fingerprint density at radius 3 is 2.52 bits per heavy atom. The van der Waals surface area contributed by atoms with E-state index in [2.05, 4.69) is 9.64 Å². The summed E-state index contributed by atoms with van der Waals surface area (Å²) in [5, 5.41) is 0.622. The van der Waals surface area contributed by atoms with Crippen molar-refractivity contribution in [3.63, 3.8) is 0 Å². The molecule has 0 atom stereocenters. The largest absolute Gasteiger partial charge is 0.440 e. The molecule has 1 aliphatic heterocycles. The summed E-state index contributed by atoms with van der Waals surface area (Å²) >= 11 is 0. The first kappa shape index (κ1) is 14.0. The smallest absolute Gasteiger partial charge is 0.200 e. The van der Waals surface area contributed by atoms with Gasteiger partial charge in [-0.05, 0) is 11.6 Å². The van der Waals surface area contributed by atoms with E-state index in [4.69, 9.17) is 4.42 Å². The lowest BCUT2D eigenvalue weighted by atomic mass is 10.0. The van der Waals surface area contributed by atoms with E-state index in [1.807, 2.05) is 48.5 Å². The summed E-state index contributed by atoms with van der Waals surface area (Å²) in [6.45, 7) is 3.15. The summed E-state index contributed by atoms with van der Waals surface area (Å²) in [6, 6.07) is 17.3. The lowest BCUT2D eigenvalue weighted by Gasteiger charge is -2.25. The van der Waals surface area contributed by atoms with Gasteiger partial charge in [-0.3, -0.25) is 4.79 Å². The van der Waals surface area contributed by atoms with Crippen LogP contribution in [0, 0.1) is 0 Å². The summed E-state index contributed by atoms with van der Waals surface area (Å²) in [4.78, 5) is 14.6. The molecule has 0 unspecified atom stereocenters. The maximum atomic E-state index is 12.5. The van der Waals surface area contributed by atoms with Crippen LogP contribution in [0.25, 0.3) is 22.1 Å². The number of nitrogens with zero attached hydrogens (tertiary/aromatic N) is 1. The molecular formula is C19H18NO3+. The van der Waals surface area contributed by atoms with Gasteiger partial charge in [0.05, 0.1) is 18.5 Å². The third kappa shape index (κ3) is 2.62. The van der Waals surface area contributed by atoms with Crippen LogP contribution >= 0.6 is 0 Å². The van der Waals surface area contributed by atoms with Crippen molar-refractivity contribution >= 4 is 16.9 Å². The topological polar surface area (TPSA) is 46.2 Å². The zero-order chi connectivity index (χ0) is 15.6. The van der Waals surface area contributed by atoms with E-state index in [1.165, 1.54) is 0 Å². The van der Waals surface area contributed by atoms with Crippen LogP contribution in [0.5, 0.6) is 0 Å². The molecule has 0 spiro atoms. The van der Waals surface area contributed by atoms with Crippen molar-refractivity contribution in [2.45, 2.75) is 0 Å². The van der Waals surface area contributed by atoms with Crippen LogP contribution in [-0.4, -0.2) is 31.0 Å². The number of fused-ring (bicyclic) bond motifs is 1. The molecule has 4 heteroatoms. The van der Waals surface area contributed by atoms with Gasteiger partial charge >= 0.3 is 0 Å². The number of aliphatic hydroxyl groups is 2. The Kier molecular flexibility index (Phi) is 3.60. The van der Waals surface area contributed by atoms with E-state index < -0.39 is 0 Å². The number of para-hydroxylation sites is 1. The molecule has 1 aliphatic rings. The summed E-state index contributed by atoms with van der Waals surface area (Å²) in [5.74, 6) is 0.640. The zero-order valence-corrected chi connectivity index (χ0v) is 12.7. The highest BCUT2D eigenvalue weighted by atomic mass is 16.5. The van der Waals surface area contributed by atoms with Gasteiger partial charge in [0, 0.05) is 11.6 Å². The minimum Gasteiger partial charge on any atom is -0.440 e. The van der Waals surface area contributed by atoms with Crippen molar-refractivity contribution in [3.8, 4) is 11.1 Å². The second-order valence-electron chi connectivity index (χ2n) is 5.66. The molecule has 1 N–H and O–H groups in total. The monoisotopic (exact) mass is 308 g/mol. The number of hydrogen-bond acceptors (Lipinski definition) is 3. The molecule has 116 valence electrons. The van der Waals surface area contributed by atoms with Gasteiger partial charge in [0.2, 0.25) is 5.88 Å². The standard InChI is InChI=1S/C19H17NO3/c21-17-13-18(20-9-11-22-12-10-20)23-19-15(7-4-8-16(17)19)14-5-2-1-3-6-14/h1-8,13H,9-12H2/p+1.